The molecule has 0 radical (unpaired) electrons. The van der Waals surface area contributed by atoms with Crippen LogP contribution in [0.15, 0.2) is 53.3 Å². The number of aromatic amines is 1. The van der Waals surface area contributed by atoms with E-state index in [1.165, 1.54) is 17.7 Å². The molecule has 0 aliphatic rings. The molecule has 2 aromatic carbocycles. The Kier molecular flexibility index (Phi) is 7.89. The molecule has 2 unspecified atom stereocenters. The van der Waals surface area contributed by atoms with Gasteiger partial charge in [-0.3, -0.25) is 4.79 Å². The Morgan fingerprint density at radius 2 is 1.96 bits per heavy atom. The number of rotatable bonds is 7. The molecule has 3 rings (SSSR count). The standard InChI is InChI=1S/C21H23ClN2O3.ClH/c1-13(5-6-14-3-2-4-15(22)11-14)23-12-19(26)16-7-9-18(25)21-17(16)8-10-20(27)24-21;/h2-4,7-11,13,19,23,25-26H,5-6,12H2,1H3,(H,24,27);1H. The van der Waals surface area contributed by atoms with E-state index in [1.54, 1.807) is 12.1 Å². The number of phenolic OH excluding ortho intramolecular Hbond substituents is 1. The van der Waals surface area contributed by atoms with E-state index < -0.39 is 6.10 Å². The van der Waals surface area contributed by atoms with Crippen LogP contribution in [0.1, 0.15) is 30.6 Å². The summed E-state index contributed by atoms with van der Waals surface area (Å²) in [6, 6.07) is 14.2. The van der Waals surface area contributed by atoms with Crippen LogP contribution in [0.5, 0.6) is 5.75 Å². The van der Waals surface area contributed by atoms with Crippen molar-refractivity contribution in [3.8, 4) is 5.75 Å². The van der Waals surface area contributed by atoms with Gasteiger partial charge in [0.25, 0.3) is 0 Å². The molecule has 0 saturated heterocycles. The molecule has 4 N–H and O–H groups in total. The summed E-state index contributed by atoms with van der Waals surface area (Å²) in [5.41, 5.74) is 1.89. The van der Waals surface area contributed by atoms with Gasteiger partial charge in [0.2, 0.25) is 5.56 Å². The highest BCUT2D eigenvalue weighted by molar-refractivity contribution is 6.30. The largest absolute Gasteiger partial charge is 0.506 e. The minimum Gasteiger partial charge on any atom is -0.506 e. The maximum Gasteiger partial charge on any atom is 0.248 e. The third-order valence-corrected chi connectivity index (χ3v) is 4.92. The SMILES string of the molecule is CC(CCc1cccc(Cl)c1)NCC(O)c1ccc(O)c2[nH]c(=O)ccc12.Cl. The van der Waals surface area contributed by atoms with Crippen LogP contribution in [0.3, 0.4) is 0 Å². The van der Waals surface area contributed by atoms with E-state index in [9.17, 15) is 15.0 Å². The van der Waals surface area contributed by atoms with Crippen molar-refractivity contribution in [3.05, 3.63) is 75.0 Å². The number of aryl methyl sites for hydroxylation is 1. The number of aliphatic hydroxyl groups excluding tert-OH is 1. The molecule has 0 spiro atoms. The zero-order valence-corrected chi connectivity index (χ0v) is 17.1. The molecule has 0 saturated carbocycles. The van der Waals surface area contributed by atoms with Crippen LogP contribution in [0, 0.1) is 0 Å². The molecular formula is C21H24Cl2N2O3. The maximum absolute atomic E-state index is 11.5. The van der Waals surface area contributed by atoms with Crippen molar-refractivity contribution in [2.24, 2.45) is 0 Å². The first kappa shape index (κ1) is 22.2. The number of hydrogen-bond acceptors (Lipinski definition) is 4. The number of hydrogen-bond donors (Lipinski definition) is 4. The molecule has 0 aliphatic carbocycles. The van der Waals surface area contributed by atoms with Gasteiger partial charge in [-0.1, -0.05) is 29.8 Å². The second-order valence-corrected chi connectivity index (χ2v) is 7.22. The molecule has 2 atom stereocenters. The Morgan fingerprint density at radius 3 is 2.71 bits per heavy atom. The van der Waals surface area contributed by atoms with Crippen molar-refractivity contribution in [1.82, 2.24) is 10.3 Å². The molecule has 5 nitrogen and oxygen atoms in total. The van der Waals surface area contributed by atoms with Crippen molar-refractivity contribution in [2.45, 2.75) is 31.9 Å². The molecule has 0 bridgehead atoms. The number of halogens is 2. The van der Waals surface area contributed by atoms with Crippen LogP contribution in [0.4, 0.5) is 0 Å². The number of phenols is 1. The molecule has 0 fully saturated rings. The average molecular weight is 423 g/mol. The molecule has 0 amide bonds. The first-order chi connectivity index (χ1) is 12.9. The summed E-state index contributed by atoms with van der Waals surface area (Å²) in [5, 5.41) is 25.2. The maximum atomic E-state index is 11.5. The van der Waals surface area contributed by atoms with E-state index in [1.807, 2.05) is 18.2 Å². The highest BCUT2D eigenvalue weighted by Gasteiger charge is 2.15. The number of aromatic hydroxyl groups is 1. The molecule has 1 heterocycles. The highest BCUT2D eigenvalue weighted by atomic mass is 35.5. The van der Waals surface area contributed by atoms with Gasteiger partial charge in [0.15, 0.2) is 0 Å². The molecular weight excluding hydrogens is 399 g/mol. The monoisotopic (exact) mass is 422 g/mol. The van der Waals surface area contributed by atoms with Gasteiger partial charge in [0.05, 0.1) is 11.6 Å². The van der Waals surface area contributed by atoms with E-state index >= 15 is 0 Å². The van der Waals surface area contributed by atoms with Crippen molar-refractivity contribution >= 4 is 34.9 Å². The van der Waals surface area contributed by atoms with E-state index in [0.29, 0.717) is 23.0 Å². The first-order valence-electron chi connectivity index (χ1n) is 8.95. The first-order valence-corrected chi connectivity index (χ1v) is 9.32. The summed E-state index contributed by atoms with van der Waals surface area (Å²) in [6.07, 6.45) is 1.05. The number of nitrogens with one attached hydrogen (secondary N) is 2. The fourth-order valence-electron chi connectivity index (χ4n) is 3.15. The number of fused-ring (bicyclic) bond motifs is 1. The number of aromatic nitrogens is 1. The van der Waals surface area contributed by atoms with Crippen LogP contribution in [0.25, 0.3) is 10.9 Å². The number of H-pyrrole nitrogens is 1. The number of aliphatic hydroxyl groups is 1. The van der Waals surface area contributed by atoms with Crippen LogP contribution in [-0.2, 0) is 6.42 Å². The Hall–Kier alpha value is -2.05. The predicted octanol–water partition coefficient (Wildman–Crippen LogP) is 3.95. The number of benzene rings is 2. The van der Waals surface area contributed by atoms with Crippen molar-refractivity contribution < 1.29 is 10.2 Å². The fraction of sp³-hybridized carbons (Fsp3) is 0.286. The van der Waals surface area contributed by atoms with E-state index in [0.717, 1.165) is 17.9 Å². The van der Waals surface area contributed by atoms with Gasteiger partial charge in [-0.25, -0.2) is 0 Å². The summed E-state index contributed by atoms with van der Waals surface area (Å²) in [5.74, 6) is -0.0125. The molecule has 0 aliphatic heterocycles. The van der Waals surface area contributed by atoms with Gasteiger partial charge < -0.3 is 20.5 Å². The second kappa shape index (κ2) is 9.94. The van der Waals surface area contributed by atoms with E-state index in [-0.39, 0.29) is 29.8 Å². The van der Waals surface area contributed by atoms with Crippen molar-refractivity contribution in [2.75, 3.05) is 6.54 Å². The van der Waals surface area contributed by atoms with Gasteiger partial charge in [-0.05, 0) is 55.2 Å². The zero-order chi connectivity index (χ0) is 19.4. The van der Waals surface area contributed by atoms with Gasteiger partial charge in [0, 0.05) is 29.1 Å². The van der Waals surface area contributed by atoms with Crippen LogP contribution < -0.4 is 10.9 Å². The smallest absolute Gasteiger partial charge is 0.248 e. The van der Waals surface area contributed by atoms with Gasteiger partial charge in [-0.15, -0.1) is 12.4 Å². The second-order valence-electron chi connectivity index (χ2n) is 6.78. The third kappa shape index (κ3) is 5.49. The predicted molar refractivity (Wildman–Crippen MR) is 116 cm³/mol. The Morgan fingerprint density at radius 1 is 1.18 bits per heavy atom. The lowest BCUT2D eigenvalue weighted by Crippen LogP contribution is -2.31. The highest BCUT2D eigenvalue weighted by Crippen LogP contribution is 2.28. The average Bonchev–Trinajstić information content (AvgIpc) is 2.65. The molecule has 7 heteroatoms. The lowest BCUT2D eigenvalue weighted by atomic mass is 10.0. The molecule has 28 heavy (non-hydrogen) atoms. The van der Waals surface area contributed by atoms with Crippen molar-refractivity contribution in [3.63, 3.8) is 0 Å². The van der Waals surface area contributed by atoms with Gasteiger partial charge >= 0.3 is 0 Å². The minimum atomic E-state index is -0.757. The minimum absolute atomic E-state index is 0. The summed E-state index contributed by atoms with van der Waals surface area (Å²) < 4.78 is 0. The summed E-state index contributed by atoms with van der Waals surface area (Å²) >= 11 is 6.01. The Balaban J connectivity index is 0.00000280. The summed E-state index contributed by atoms with van der Waals surface area (Å²) in [7, 11) is 0. The lowest BCUT2D eigenvalue weighted by Gasteiger charge is -2.19. The van der Waals surface area contributed by atoms with Gasteiger partial charge in [0.1, 0.15) is 5.75 Å². The van der Waals surface area contributed by atoms with E-state index in [4.69, 9.17) is 11.6 Å². The normalized spacial score (nSPS) is 13.1. The number of pyridine rings is 1. The van der Waals surface area contributed by atoms with E-state index in [2.05, 4.69) is 23.3 Å². The van der Waals surface area contributed by atoms with Crippen LogP contribution >= 0.6 is 24.0 Å². The van der Waals surface area contributed by atoms with Crippen molar-refractivity contribution in [1.29, 1.82) is 0 Å². The fourth-order valence-corrected chi connectivity index (χ4v) is 3.36. The Labute approximate surface area is 174 Å². The summed E-state index contributed by atoms with van der Waals surface area (Å²) in [4.78, 5) is 14.1. The molecule has 150 valence electrons. The molecule has 1 aromatic heterocycles. The Bertz CT molecular complexity index is 991. The van der Waals surface area contributed by atoms with Crippen LogP contribution in [0.2, 0.25) is 5.02 Å². The van der Waals surface area contributed by atoms with Gasteiger partial charge in [-0.2, -0.15) is 0 Å². The lowest BCUT2D eigenvalue weighted by molar-refractivity contribution is 0.171. The third-order valence-electron chi connectivity index (χ3n) is 4.68. The quantitative estimate of drug-likeness (QED) is 0.464. The molecule has 3 aromatic rings. The summed E-state index contributed by atoms with van der Waals surface area (Å²) in [6.45, 7) is 2.44. The zero-order valence-electron chi connectivity index (χ0n) is 15.5. The topological polar surface area (TPSA) is 85.3 Å². The van der Waals surface area contributed by atoms with Crippen LogP contribution in [-0.4, -0.2) is 27.8 Å².